The van der Waals surface area contributed by atoms with Crippen molar-refractivity contribution in [1.82, 2.24) is 25.3 Å². The van der Waals surface area contributed by atoms with E-state index < -0.39 is 0 Å². The number of aromatic amines is 1. The van der Waals surface area contributed by atoms with Gasteiger partial charge in [0.1, 0.15) is 12.1 Å². The summed E-state index contributed by atoms with van der Waals surface area (Å²) < 4.78 is 5.74. The fourth-order valence-corrected chi connectivity index (χ4v) is 2.35. The van der Waals surface area contributed by atoms with Crippen molar-refractivity contribution in [3.8, 4) is 5.88 Å². The summed E-state index contributed by atoms with van der Waals surface area (Å²) in [5.41, 5.74) is 8.77. The third kappa shape index (κ3) is 4.23. The molecule has 4 N–H and O–H groups in total. The number of nitrogen functional groups attached to an aromatic ring is 1. The summed E-state index contributed by atoms with van der Waals surface area (Å²) in [6, 6.07) is 7.84. The molecule has 0 aliphatic heterocycles. The van der Waals surface area contributed by atoms with Crippen LogP contribution >= 0.6 is 0 Å². The first-order valence-corrected chi connectivity index (χ1v) is 8.09. The maximum atomic E-state index is 11.5. The van der Waals surface area contributed by atoms with Gasteiger partial charge >= 0.3 is 0 Å². The Balaban J connectivity index is 1.60. The summed E-state index contributed by atoms with van der Waals surface area (Å²) in [5, 5.41) is 2.89. The number of hydrogen-bond donors (Lipinski definition) is 3. The number of carbonyl (C=O) groups excluding carboxylic acids is 1. The van der Waals surface area contributed by atoms with E-state index in [0.29, 0.717) is 36.6 Å². The number of hydrogen-bond acceptors (Lipinski definition) is 6. The number of H-pyrrole nitrogens is 1. The van der Waals surface area contributed by atoms with Crippen molar-refractivity contribution in [3.63, 3.8) is 0 Å². The Bertz CT molecular complexity index is 859. The number of anilines is 1. The molecule has 25 heavy (non-hydrogen) atoms. The number of benzene rings is 1. The molecule has 0 bridgehead atoms. The van der Waals surface area contributed by atoms with Gasteiger partial charge < -0.3 is 20.8 Å². The lowest BCUT2D eigenvalue weighted by Gasteiger charge is -2.08. The smallest absolute Gasteiger partial charge is 0.245 e. The van der Waals surface area contributed by atoms with E-state index in [1.807, 2.05) is 31.2 Å². The van der Waals surface area contributed by atoms with Crippen LogP contribution in [0.5, 0.6) is 5.88 Å². The van der Waals surface area contributed by atoms with E-state index in [2.05, 4.69) is 25.3 Å². The van der Waals surface area contributed by atoms with Crippen LogP contribution in [0.4, 0.5) is 5.95 Å². The molecule has 1 amide bonds. The van der Waals surface area contributed by atoms with Crippen LogP contribution in [-0.4, -0.2) is 25.8 Å². The van der Waals surface area contributed by atoms with E-state index in [1.165, 1.54) is 6.33 Å². The number of nitrogens with two attached hydrogens (primary N) is 1. The highest BCUT2D eigenvalue weighted by atomic mass is 16.5. The number of nitrogens with one attached hydrogen (secondary N) is 2. The Labute approximate surface area is 144 Å². The molecule has 0 saturated heterocycles. The topological polar surface area (TPSA) is 119 Å². The summed E-state index contributed by atoms with van der Waals surface area (Å²) in [6.07, 6.45) is 2.92. The number of imidazole rings is 1. The van der Waals surface area contributed by atoms with Crippen molar-refractivity contribution < 1.29 is 9.53 Å². The van der Waals surface area contributed by atoms with Crippen molar-refractivity contribution in [2.45, 2.75) is 32.9 Å². The van der Waals surface area contributed by atoms with Crippen molar-refractivity contribution in [1.29, 1.82) is 0 Å². The van der Waals surface area contributed by atoms with Crippen molar-refractivity contribution >= 4 is 23.0 Å². The largest absolute Gasteiger partial charge is 0.471 e. The molecule has 8 nitrogen and oxygen atoms in total. The molecule has 130 valence electrons. The minimum atomic E-state index is 0.0693. The standard InChI is InChI=1S/C17H20N6O2/c1-2-3-13(24)19-8-11-4-6-12(7-5-11)9-25-16-14-15(21-10-20-14)22-17(18)23-16/h4-7,10H,2-3,8-9H2,1H3,(H,19,24)(H3,18,20,21,22,23). The predicted molar refractivity (Wildman–Crippen MR) is 93.6 cm³/mol. The van der Waals surface area contributed by atoms with Crippen molar-refractivity contribution in [2.75, 3.05) is 5.73 Å². The molecule has 8 heteroatoms. The van der Waals surface area contributed by atoms with Crippen LogP contribution in [-0.2, 0) is 17.9 Å². The fourth-order valence-electron chi connectivity index (χ4n) is 2.35. The zero-order chi connectivity index (χ0) is 17.6. The zero-order valence-electron chi connectivity index (χ0n) is 14.0. The molecule has 0 spiro atoms. The number of ether oxygens (including phenoxy) is 1. The van der Waals surface area contributed by atoms with Crippen LogP contribution in [0, 0.1) is 0 Å². The third-order valence-electron chi connectivity index (χ3n) is 3.64. The molecular formula is C17H20N6O2. The number of carbonyl (C=O) groups is 1. The molecule has 3 rings (SSSR count). The van der Waals surface area contributed by atoms with Gasteiger partial charge in [0.2, 0.25) is 17.7 Å². The number of rotatable bonds is 7. The molecule has 2 aromatic heterocycles. The maximum absolute atomic E-state index is 11.5. The quantitative estimate of drug-likeness (QED) is 0.605. The SMILES string of the molecule is CCCC(=O)NCc1ccc(COc2nc(N)nc3nc[nH]c23)cc1. The van der Waals surface area contributed by atoms with Gasteiger partial charge in [-0.2, -0.15) is 9.97 Å². The van der Waals surface area contributed by atoms with Crippen LogP contribution in [0.2, 0.25) is 0 Å². The van der Waals surface area contributed by atoms with Crippen LogP contribution in [0.3, 0.4) is 0 Å². The highest BCUT2D eigenvalue weighted by Gasteiger charge is 2.10. The molecule has 0 unspecified atom stereocenters. The van der Waals surface area contributed by atoms with Gasteiger partial charge in [0.05, 0.1) is 6.33 Å². The van der Waals surface area contributed by atoms with Crippen molar-refractivity contribution in [3.05, 3.63) is 41.7 Å². The van der Waals surface area contributed by atoms with E-state index in [-0.39, 0.29) is 11.9 Å². The maximum Gasteiger partial charge on any atom is 0.245 e. The Morgan fingerprint density at radius 3 is 2.76 bits per heavy atom. The summed E-state index contributed by atoms with van der Waals surface area (Å²) >= 11 is 0. The zero-order valence-corrected chi connectivity index (χ0v) is 14.0. The average Bonchev–Trinajstić information content (AvgIpc) is 3.07. The number of fused-ring (bicyclic) bond motifs is 1. The lowest BCUT2D eigenvalue weighted by Crippen LogP contribution is -2.22. The second-order valence-electron chi connectivity index (χ2n) is 5.62. The molecule has 0 radical (unpaired) electrons. The summed E-state index contributed by atoms with van der Waals surface area (Å²) in [4.78, 5) is 26.6. The molecule has 0 atom stereocenters. The first-order chi connectivity index (χ1) is 12.2. The molecule has 0 fully saturated rings. The second-order valence-corrected chi connectivity index (χ2v) is 5.62. The summed E-state index contributed by atoms with van der Waals surface area (Å²) in [5.74, 6) is 0.559. The third-order valence-corrected chi connectivity index (χ3v) is 3.64. The summed E-state index contributed by atoms with van der Waals surface area (Å²) in [7, 11) is 0. The number of aromatic nitrogens is 4. The van der Waals surface area contributed by atoms with Crippen LogP contribution in [0.1, 0.15) is 30.9 Å². The van der Waals surface area contributed by atoms with E-state index in [9.17, 15) is 4.79 Å². The second kappa shape index (κ2) is 7.61. The number of amides is 1. The molecular weight excluding hydrogens is 320 g/mol. The van der Waals surface area contributed by atoms with Gasteiger partial charge in [-0.3, -0.25) is 4.79 Å². The Morgan fingerprint density at radius 2 is 2.00 bits per heavy atom. The van der Waals surface area contributed by atoms with E-state index in [0.717, 1.165) is 17.5 Å². The van der Waals surface area contributed by atoms with Gasteiger partial charge in [0.25, 0.3) is 0 Å². The minimum absolute atomic E-state index is 0.0693. The highest BCUT2D eigenvalue weighted by molar-refractivity contribution is 5.76. The fraction of sp³-hybridized carbons (Fsp3) is 0.294. The van der Waals surface area contributed by atoms with Gasteiger partial charge in [-0.25, -0.2) is 4.98 Å². The van der Waals surface area contributed by atoms with Gasteiger partial charge in [0.15, 0.2) is 5.65 Å². The number of nitrogens with zero attached hydrogens (tertiary/aromatic N) is 3. The molecule has 0 aliphatic carbocycles. The molecule has 2 heterocycles. The van der Waals surface area contributed by atoms with E-state index in [1.54, 1.807) is 0 Å². The monoisotopic (exact) mass is 340 g/mol. The predicted octanol–water partition coefficient (Wildman–Crippen LogP) is 1.93. The Morgan fingerprint density at radius 1 is 1.24 bits per heavy atom. The summed E-state index contributed by atoms with van der Waals surface area (Å²) in [6.45, 7) is 2.85. The van der Waals surface area contributed by atoms with Crippen LogP contribution < -0.4 is 15.8 Å². The Hall–Kier alpha value is -3.16. The molecule has 1 aromatic carbocycles. The first-order valence-electron chi connectivity index (χ1n) is 8.09. The van der Waals surface area contributed by atoms with E-state index in [4.69, 9.17) is 10.5 Å². The molecule has 3 aromatic rings. The normalized spacial score (nSPS) is 10.8. The van der Waals surface area contributed by atoms with Gasteiger partial charge in [0, 0.05) is 13.0 Å². The van der Waals surface area contributed by atoms with Gasteiger partial charge in [-0.05, 0) is 17.5 Å². The lowest BCUT2D eigenvalue weighted by atomic mass is 10.1. The Kier molecular flexibility index (Phi) is 5.08. The lowest BCUT2D eigenvalue weighted by molar-refractivity contribution is -0.121. The molecule has 0 saturated carbocycles. The van der Waals surface area contributed by atoms with Crippen LogP contribution in [0.25, 0.3) is 11.2 Å². The highest BCUT2D eigenvalue weighted by Crippen LogP contribution is 2.20. The van der Waals surface area contributed by atoms with Crippen LogP contribution in [0.15, 0.2) is 30.6 Å². The molecule has 0 aliphatic rings. The minimum Gasteiger partial charge on any atom is -0.471 e. The van der Waals surface area contributed by atoms with Gasteiger partial charge in [-0.1, -0.05) is 31.2 Å². The van der Waals surface area contributed by atoms with Crippen molar-refractivity contribution in [2.24, 2.45) is 0 Å². The van der Waals surface area contributed by atoms with Gasteiger partial charge in [-0.15, -0.1) is 0 Å². The average molecular weight is 340 g/mol. The van der Waals surface area contributed by atoms with E-state index >= 15 is 0 Å². The first kappa shape index (κ1) is 16.7.